The first-order valence-corrected chi connectivity index (χ1v) is 8.58. The topological polar surface area (TPSA) is 88.0 Å². The second kappa shape index (κ2) is 6.25. The first kappa shape index (κ1) is 16.3. The number of hydrogen-bond donors (Lipinski definition) is 2. The van der Waals surface area contributed by atoms with Gasteiger partial charge in [0.15, 0.2) is 5.65 Å². The lowest BCUT2D eigenvalue weighted by molar-refractivity contribution is 0.863. The molecule has 0 unspecified atom stereocenters. The van der Waals surface area contributed by atoms with Crippen molar-refractivity contribution in [3.8, 4) is 0 Å². The molecule has 0 saturated heterocycles. The van der Waals surface area contributed by atoms with E-state index in [-0.39, 0.29) is 5.56 Å². The summed E-state index contributed by atoms with van der Waals surface area (Å²) in [5.41, 5.74) is 4.45. The molecule has 2 N–H and O–H groups in total. The van der Waals surface area contributed by atoms with E-state index in [1.54, 1.807) is 6.07 Å². The Kier molecular flexibility index (Phi) is 3.91. The summed E-state index contributed by atoms with van der Waals surface area (Å²) in [5.74, 6) is 1.54. The molecule has 7 nitrogen and oxygen atoms in total. The van der Waals surface area contributed by atoms with E-state index in [2.05, 4.69) is 25.4 Å². The first-order valence-electron chi connectivity index (χ1n) is 8.58. The molecule has 7 heteroatoms. The molecule has 0 saturated carbocycles. The summed E-state index contributed by atoms with van der Waals surface area (Å²) in [6.45, 7) is 6.59. The van der Waals surface area contributed by atoms with Crippen LogP contribution in [0.1, 0.15) is 22.8 Å². The summed E-state index contributed by atoms with van der Waals surface area (Å²) in [6, 6.07) is 9.32. The number of aromatic nitrogens is 5. The van der Waals surface area contributed by atoms with Crippen molar-refractivity contribution in [1.29, 1.82) is 0 Å². The Morgan fingerprint density at radius 3 is 2.81 bits per heavy atom. The Bertz CT molecular complexity index is 1170. The summed E-state index contributed by atoms with van der Waals surface area (Å²) >= 11 is 0. The van der Waals surface area contributed by atoms with E-state index < -0.39 is 0 Å². The fourth-order valence-electron chi connectivity index (χ4n) is 3.04. The maximum atomic E-state index is 12.2. The van der Waals surface area contributed by atoms with Gasteiger partial charge in [0, 0.05) is 30.3 Å². The summed E-state index contributed by atoms with van der Waals surface area (Å²) in [7, 11) is 0. The third-order valence-corrected chi connectivity index (χ3v) is 4.51. The Labute approximate surface area is 150 Å². The maximum absolute atomic E-state index is 12.2. The number of nitrogens with one attached hydrogen (secondary N) is 2. The van der Waals surface area contributed by atoms with E-state index in [1.807, 2.05) is 49.6 Å². The van der Waals surface area contributed by atoms with Crippen LogP contribution in [-0.2, 0) is 6.42 Å². The van der Waals surface area contributed by atoms with E-state index in [4.69, 9.17) is 0 Å². The molecule has 132 valence electrons. The molecule has 0 bridgehead atoms. The van der Waals surface area contributed by atoms with E-state index >= 15 is 0 Å². The molecule has 4 rings (SSSR count). The Balaban J connectivity index is 1.58. The van der Waals surface area contributed by atoms with Gasteiger partial charge >= 0.3 is 0 Å². The summed E-state index contributed by atoms with van der Waals surface area (Å²) in [5, 5.41) is 8.55. The molecule has 4 aromatic rings. The highest BCUT2D eigenvalue weighted by Crippen LogP contribution is 2.18. The number of H-pyrrole nitrogens is 1. The van der Waals surface area contributed by atoms with Crippen LogP contribution in [0.4, 0.5) is 5.82 Å². The van der Waals surface area contributed by atoms with Crippen molar-refractivity contribution in [2.45, 2.75) is 27.2 Å². The highest BCUT2D eigenvalue weighted by atomic mass is 16.1. The highest BCUT2D eigenvalue weighted by Gasteiger charge is 2.11. The molecular formula is C19H20N6O. The predicted octanol–water partition coefficient (Wildman–Crippen LogP) is 2.55. The average molecular weight is 348 g/mol. The third kappa shape index (κ3) is 2.81. The zero-order valence-electron chi connectivity index (χ0n) is 15.0. The monoisotopic (exact) mass is 348 g/mol. The van der Waals surface area contributed by atoms with Crippen molar-refractivity contribution in [3.63, 3.8) is 0 Å². The van der Waals surface area contributed by atoms with Gasteiger partial charge in [-0.2, -0.15) is 9.61 Å². The fourth-order valence-corrected chi connectivity index (χ4v) is 3.04. The van der Waals surface area contributed by atoms with Crippen molar-refractivity contribution in [3.05, 3.63) is 63.5 Å². The van der Waals surface area contributed by atoms with Gasteiger partial charge in [-0.1, -0.05) is 12.1 Å². The zero-order chi connectivity index (χ0) is 18.3. The molecule has 0 aliphatic heterocycles. The highest BCUT2D eigenvalue weighted by molar-refractivity contribution is 5.77. The number of fused-ring (bicyclic) bond motifs is 2. The van der Waals surface area contributed by atoms with Crippen molar-refractivity contribution in [2.24, 2.45) is 0 Å². The number of benzene rings is 1. The number of hydrogen-bond acceptors (Lipinski definition) is 5. The molecule has 3 heterocycles. The number of nitrogens with zero attached hydrogens (tertiary/aromatic N) is 4. The molecule has 3 aromatic heterocycles. The molecule has 0 spiro atoms. The smallest absolute Gasteiger partial charge is 0.258 e. The Hall–Kier alpha value is -3.22. The van der Waals surface area contributed by atoms with Crippen LogP contribution in [0.5, 0.6) is 0 Å². The molecule has 1 aromatic carbocycles. The summed E-state index contributed by atoms with van der Waals surface area (Å²) in [6.07, 6.45) is 0.599. The quantitative estimate of drug-likeness (QED) is 0.592. The molecule has 0 radical (unpaired) electrons. The minimum Gasteiger partial charge on any atom is -0.369 e. The van der Waals surface area contributed by atoms with Crippen LogP contribution in [-0.4, -0.2) is 31.1 Å². The van der Waals surface area contributed by atoms with Crippen LogP contribution in [0.15, 0.2) is 35.1 Å². The van der Waals surface area contributed by atoms with E-state index in [1.165, 1.54) is 0 Å². The lowest BCUT2D eigenvalue weighted by Crippen LogP contribution is -2.16. The number of aromatic amines is 1. The van der Waals surface area contributed by atoms with Gasteiger partial charge < -0.3 is 10.3 Å². The van der Waals surface area contributed by atoms with Crippen molar-refractivity contribution in [2.75, 3.05) is 11.9 Å². The first-order chi connectivity index (χ1) is 12.5. The predicted molar refractivity (Wildman–Crippen MR) is 102 cm³/mol. The molecule has 0 atom stereocenters. The minimum absolute atomic E-state index is 0.105. The van der Waals surface area contributed by atoms with Crippen LogP contribution in [0.3, 0.4) is 0 Å². The van der Waals surface area contributed by atoms with Gasteiger partial charge in [0.2, 0.25) is 0 Å². The number of rotatable bonds is 4. The average Bonchev–Trinajstić information content (AvgIpc) is 2.90. The normalized spacial score (nSPS) is 11.3. The van der Waals surface area contributed by atoms with Crippen molar-refractivity contribution >= 4 is 22.4 Å². The van der Waals surface area contributed by atoms with Crippen LogP contribution >= 0.6 is 0 Å². The second-order valence-corrected chi connectivity index (χ2v) is 6.44. The minimum atomic E-state index is -0.105. The van der Waals surface area contributed by atoms with Crippen LogP contribution in [0, 0.1) is 20.8 Å². The fraction of sp³-hybridized carbons (Fsp3) is 0.263. The van der Waals surface area contributed by atoms with Crippen molar-refractivity contribution < 1.29 is 0 Å². The van der Waals surface area contributed by atoms with Crippen molar-refractivity contribution in [1.82, 2.24) is 24.6 Å². The van der Waals surface area contributed by atoms with Gasteiger partial charge in [-0.3, -0.25) is 4.79 Å². The lowest BCUT2D eigenvalue weighted by Gasteiger charge is -2.09. The standard InChI is InChI=1S/C19H20N6O/c1-11-10-17(25-18(21-11)12(2)13(3)24-25)20-9-8-16-22-15-7-5-4-6-14(15)19(26)23-16/h4-7,10,20H,8-9H2,1-3H3,(H,22,23,26). The molecule has 0 fully saturated rings. The molecule has 0 aliphatic carbocycles. The lowest BCUT2D eigenvalue weighted by atomic mass is 10.2. The molecule has 26 heavy (non-hydrogen) atoms. The van der Waals surface area contributed by atoms with Crippen LogP contribution < -0.4 is 10.9 Å². The Morgan fingerprint density at radius 1 is 1.15 bits per heavy atom. The Morgan fingerprint density at radius 2 is 1.96 bits per heavy atom. The molecular weight excluding hydrogens is 328 g/mol. The number of para-hydroxylation sites is 1. The number of anilines is 1. The maximum Gasteiger partial charge on any atom is 0.258 e. The summed E-state index contributed by atoms with van der Waals surface area (Å²) < 4.78 is 1.83. The number of aryl methyl sites for hydroxylation is 3. The van der Waals surface area contributed by atoms with Crippen LogP contribution in [0.2, 0.25) is 0 Å². The van der Waals surface area contributed by atoms with Crippen LogP contribution in [0.25, 0.3) is 16.6 Å². The van der Waals surface area contributed by atoms with Gasteiger partial charge in [0.1, 0.15) is 11.6 Å². The molecule has 0 amide bonds. The van der Waals surface area contributed by atoms with Gasteiger partial charge in [0.25, 0.3) is 5.56 Å². The van der Waals surface area contributed by atoms with E-state index in [0.717, 1.165) is 28.4 Å². The SMILES string of the molecule is Cc1cc(NCCc2nc3ccccc3c(=O)[nH]2)n2nc(C)c(C)c2n1. The summed E-state index contributed by atoms with van der Waals surface area (Å²) in [4.78, 5) is 24.1. The van der Waals surface area contributed by atoms with Gasteiger partial charge in [-0.05, 0) is 32.9 Å². The van der Waals surface area contributed by atoms with E-state index in [0.29, 0.717) is 29.7 Å². The second-order valence-electron chi connectivity index (χ2n) is 6.44. The largest absolute Gasteiger partial charge is 0.369 e. The zero-order valence-corrected chi connectivity index (χ0v) is 15.0. The van der Waals surface area contributed by atoms with Gasteiger partial charge in [-0.25, -0.2) is 9.97 Å². The van der Waals surface area contributed by atoms with Gasteiger partial charge in [-0.15, -0.1) is 0 Å². The third-order valence-electron chi connectivity index (χ3n) is 4.51. The molecule has 0 aliphatic rings. The van der Waals surface area contributed by atoms with Gasteiger partial charge in [0.05, 0.1) is 16.6 Å². The van der Waals surface area contributed by atoms with E-state index in [9.17, 15) is 4.79 Å².